The van der Waals surface area contributed by atoms with Crippen LogP contribution >= 0.6 is 0 Å². The quantitative estimate of drug-likeness (QED) is 0.379. The fraction of sp³-hybridized carbons (Fsp3) is 0.414. The van der Waals surface area contributed by atoms with Gasteiger partial charge in [0.2, 0.25) is 0 Å². The van der Waals surface area contributed by atoms with Crippen molar-refractivity contribution < 1.29 is 51.3 Å². The van der Waals surface area contributed by atoms with E-state index in [2.05, 4.69) is 94.4 Å². The van der Waals surface area contributed by atoms with E-state index in [1.807, 2.05) is 0 Å². The van der Waals surface area contributed by atoms with E-state index >= 15 is 0 Å². The predicted octanol–water partition coefficient (Wildman–Crippen LogP) is -0.197. The van der Waals surface area contributed by atoms with Crippen molar-refractivity contribution in [1.29, 1.82) is 0 Å². The Morgan fingerprint density at radius 2 is 1.40 bits per heavy atom. The van der Waals surface area contributed by atoms with Crippen molar-refractivity contribution in [2.45, 2.75) is 53.4 Å². The van der Waals surface area contributed by atoms with E-state index in [4.69, 9.17) is 5.73 Å². The zero-order chi connectivity index (χ0) is 23.1. The van der Waals surface area contributed by atoms with Crippen molar-refractivity contribution in [3.63, 3.8) is 0 Å². The van der Waals surface area contributed by atoms with Crippen molar-refractivity contribution >= 4 is 25.8 Å². The number of rotatable bonds is 3. The number of fused-ring (bicyclic) bond motifs is 2. The standard InChI is InChI=1S/C12H11Si.C9H13.C8H13NO.2ClH.Ti/c1-3-7-11(8-4-1)13-12-9-5-2-6-10-12;1-6-5-7(2)9(4)8(6)3;9-8(10)7-4-5-1-2-6(7)3-5;;;/h1-10,13H;6H,1-4H3;5-7H,1-4H2,(H2,9,10);2*1H;/q;-1;;;;+4/p-3. The number of halogens is 2. The van der Waals surface area contributed by atoms with E-state index in [1.165, 1.54) is 46.4 Å². The topological polar surface area (TPSA) is 40.9 Å². The molecule has 0 heterocycles. The summed E-state index contributed by atoms with van der Waals surface area (Å²) in [5.41, 5.74) is 11.2. The Kier molecular flexibility index (Phi) is 16.1. The first-order valence-corrected chi connectivity index (χ1v) is 13.0. The van der Waals surface area contributed by atoms with Crippen LogP contribution < -0.4 is 35.2 Å². The molecule has 4 unspecified atom stereocenters. The summed E-state index contributed by atoms with van der Waals surface area (Å²) in [5, 5.41) is 2.90. The van der Waals surface area contributed by atoms with Gasteiger partial charge in [0.25, 0.3) is 0 Å². The summed E-state index contributed by atoms with van der Waals surface area (Å²) in [7, 11) is 0.271. The largest absolute Gasteiger partial charge is 4.00 e. The second kappa shape index (κ2) is 16.6. The Morgan fingerprint density at radius 1 is 0.886 bits per heavy atom. The molecule has 6 heteroatoms. The Bertz CT molecular complexity index is 928. The van der Waals surface area contributed by atoms with E-state index in [-0.39, 0.29) is 67.9 Å². The number of allylic oxidation sites excluding steroid dienone is 4. The monoisotopic (exact) mass is 560 g/mol. The third-order valence-corrected chi connectivity index (χ3v) is 8.68. The first kappa shape index (κ1) is 33.9. The second-order valence-corrected chi connectivity index (χ2v) is 11.0. The molecule has 4 atom stereocenters. The predicted molar refractivity (Wildman–Crippen MR) is 138 cm³/mol. The summed E-state index contributed by atoms with van der Waals surface area (Å²) in [4.78, 5) is 10.7. The van der Waals surface area contributed by atoms with E-state index in [0.717, 1.165) is 12.3 Å². The molecule has 1 amide bonds. The summed E-state index contributed by atoms with van der Waals surface area (Å²) in [5.74, 6) is 1.76. The first-order valence-electron chi connectivity index (χ1n) is 11.8. The van der Waals surface area contributed by atoms with Gasteiger partial charge in [-0.2, -0.15) is 11.1 Å². The van der Waals surface area contributed by atoms with Crippen LogP contribution in [0.15, 0.2) is 77.4 Å². The number of carbonyl (C=O) groups excluding carboxylic acids is 1. The molecule has 0 saturated heterocycles. The van der Waals surface area contributed by atoms with Gasteiger partial charge in [0.15, 0.2) is 0 Å². The number of carbonyl (C=O) groups is 1. The number of hydrogen-bond acceptors (Lipinski definition) is 1. The van der Waals surface area contributed by atoms with Crippen LogP contribution in [0.1, 0.15) is 53.4 Å². The maximum Gasteiger partial charge on any atom is 4.00 e. The normalized spacial score (nSPS) is 23.3. The molecule has 185 valence electrons. The summed E-state index contributed by atoms with van der Waals surface area (Å²) < 4.78 is 0. The Morgan fingerprint density at radius 3 is 1.66 bits per heavy atom. The molecule has 2 saturated carbocycles. The molecule has 2 aromatic carbocycles. The molecular weight excluding hydrogens is 525 g/mol. The fourth-order valence-corrected chi connectivity index (χ4v) is 6.23. The van der Waals surface area contributed by atoms with Gasteiger partial charge in [0.1, 0.15) is 9.52 Å². The smallest absolute Gasteiger partial charge is 1.00 e. The van der Waals surface area contributed by atoms with E-state index in [9.17, 15) is 4.79 Å². The Balaban J connectivity index is 0.000000484. The molecule has 0 aromatic heterocycles. The minimum Gasteiger partial charge on any atom is -1.00 e. The summed E-state index contributed by atoms with van der Waals surface area (Å²) >= 11 is 0. The molecule has 3 aliphatic rings. The van der Waals surface area contributed by atoms with Gasteiger partial charge in [0.05, 0.1) is 5.91 Å². The van der Waals surface area contributed by atoms with Gasteiger partial charge >= 0.3 is 21.7 Å². The van der Waals surface area contributed by atoms with Crippen molar-refractivity contribution in [3.05, 3.63) is 89.2 Å². The zero-order valence-corrected chi connectivity index (χ0v) is 25.4. The van der Waals surface area contributed by atoms with Crippen LogP contribution in [0, 0.1) is 29.7 Å². The molecule has 0 spiro atoms. The van der Waals surface area contributed by atoms with E-state index in [0.29, 0.717) is 11.8 Å². The second-order valence-electron chi connectivity index (χ2n) is 9.41. The summed E-state index contributed by atoms with van der Waals surface area (Å²) in [6, 6.07) is 21.3. The van der Waals surface area contributed by atoms with E-state index in [1.54, 1.807) is 0 Å². The van der Waals surface area contributed by atoms with Crippen molar-refractivity contribution in [2.24, 2.45) is 23.7 Å². The third-order valence-electron chi connectivity index (χ3n) is 7.24. The van der Waals surface area contributed by atoms with Crippen LogP contribution in [0.4, 0.5) is 0 Å². The minimum absolute atomic E-state index is 0. The molecule has 3 aliphatic carbocycles. The molecule has 5 rings (SSSR count). The number of amides is 1. The molecule has 2 aromatic rings. The van der Waals surface area contributed by atoms with Gasteiger partial charge in [-0.1, -0.05) is 104 Å². The average molecular weight is 561 g/mol. The maximum atomic E-state index is 10.7. The molecular formula is C29H36Cl2NOSiTi. The number of benzene rings is 2. The molecule has 2 nitrogen and oxygen atoms in total. The summed E-state index contributed by atoms with van der Waals surface area (Å²) in [6.07, 6.45) is 8.13. The van der Waals surface area contributed by atoms with Crippen molar-refractivity contribution in [3.8, 4) is 0 Å². The average Bonchev–Trinajstić information content (AvgIpc) is 3.49. The molecule has 2 fully saturated rings. The van der Waals surface area contributed by atoms with Gasteiger partial charge in [-0.3, -0.25) is 6.08 Å². The minimum atomic E-state index is -0.313. The number of nitrogens with one attached hydrogen (secondary N) is 1. The van der Waals surface area contributed by atoms with Gasteiger partial charge in [-0.15, -0.1) is 6.92 Å². The summed E-state index contributed by atoms with van der Waals surface area (Å²) in [6.45, 7) is 8.67. The first-order chi connectivity index (χ1) is 15.3. The SMILES string of the molecule is CC1=[C-]C(C)C(C)=C1C.[Cl-].[Cl-].[NH-]C(=O)C1CC2CCC1C2.[Ti+4].c1ccc([SiH]c2ccccc2)cc1. The maximum absolute atomic E-state index is 10.7. The fourth-order valence-electron chi connectivity index (χ4n) is 5.02. The Labute approximate surface area is 242 Å². The van der Waals surface area contributed by atoms with Crippen LogP contribution in [0.25, 0.3) is 5.73 Å². The van der Waals surface area contributed by atoms with Crippen LogP contribution in [0.5, 0.6) is 0 Å². The van der Waals surface area contributed by atoms with Crippen LogP contribution in [0.3, 0.4) is 0 Å². The van der Waals surface area contributed by atoms with Crippen LogP contribution in [-0.4, -0.2) is 15.4 Å². The molecule has 2 bridgehead atoms. The van der Waals surface area contributed by atoms with Gasteiger partial charge in [-0.25, -0.2) is 5.57 Å². The molecule has 1 N–H and O–H groups in total. The van der Waals surface area contributed by atoms with Crippen molar-refractivity contribution in [1.82, 2.24) is 0 Å². The van der Waals surface area contributed by atoms with Crippen LogP contribution in [-0.2, 0) is 26.5 Å². The Hall–Kier alpha value is -1.10. The van der Waals surface area contributed by atoms with Crippen LogP contribution in [0.2, 0.25) is 0 Å². The molecule has 0 aliphatic heterocycles. The van der Waals surface area contributed by atoms with Gasteiger partial charge in [-0.05, 0) is 31.1 Å². The van der Waals surface area contributed by atoms with Gasteiger partial charge in [0, 0.05) is 5.92 Å². The van der Waals surface area contributed by atoms with Crippen molar-refractivity contribution in [2.75, 3.05) is 0 Å². The third kappa shape index (κ3) is 10.1. The van der Waals surface area contributed by atoms with E-state index < -0.39 is 0 Å². The molecule has 1 radical (unpaired) electrons. The number of hydrogen-bond donors (Lipinski definition) is 0. The zero-order valence-electron chi connectivity index (χ0n) is 21.2. The molecule has 35 heavy (non-hydrogen) atoms. The van der Waals surface area contributed by atoms with Gasteiger partial charge < -0.3 is 35.3 Å².